The van der Waals surface area contributed by atoms with Crippen molar-refractivity contribution in [2.45, 2.75) is 26.0 Å². The molecule has 3 nitrogen and oxygen atoms in total. The van der Waals surface area contributed by atoms with Gasteiger partial charge in [0.05, 0.1) is 21.4 Å². The first kappa shape index (κ1) is 12.1. The van der Waals surface area contributed by atoms with Crippen LogP contribution in [0.4, 0.5) is 4.39 Å². The van der Waals surface area contributed by atoms with Crippen molar-refractivity contribution in [3.8, 4) is 0 Å². The summed E-state index contributed by atoms with van der Waals surface area (Å²) in [6.45, 7) is 0.599. The summed E-state index contributed by atoms with van der Waals surface area (Å²) in [5, 5.41) is 9.87. The lowest BCUT2D eigenvalue weighted by atomic mass is 10.00. The third-order valence-corrected chi connectivity index (χ3v) is 4.54. The Morgan fingerprint density at radius 1 is 1.44 bits per heavy atom. The predicted octanol–water partition coefficient (Wildman–Crippen LogP) is 2.18. The number of pyridine rings is 1. The van der Waals surface area contributed by atoms with E-state index in [0.29, 0.717) is 14.7 Å². The van der Waals surface area contributed by atoms with Gasteiger partial charge in [-0.2, -0.15) is 0 Å². The number of nitrogens with zero attached hydrogens (tertiary/aromatic N) is 1. The highest BCUT2D eigenvalue weighted by Gasteiger charge is 2.20. The van der Waals surface area contributed by atoms with Crippen LogP contribution in [-0.4, -0.2) is 9.67 Å². The highest BCUT2D eigenvalue weighted by atomic mass is 127. The van der Waals surface area contributed by atoms with Crippen LogP contribution in [0.5, 0.6) is 0 Å². The second-order valence-corrected chi connectivity index (χ2v) is 5.54. The van der Waals surface area contributed by atoms with Crippen molar-refractivity contribution in [1.82, 2.24) is 4.57 Å². The molecule has 0 spiro atoms. The Kier molecular flexibility index (Phi) is 2.90. The molecule has 1 N–H and O–H groups in total. The largest absolute Gasteiger partial charge is 0.390 e. The van der Waals surface area contributed by atoms with Crippen molar-refractivity contribution in [3.05, 3.63) is 43.0 Å². The number of benzene rings is 1. The maximum absolute atomic E-state index is 13.5. The zero-order valence-electron chi connectivity index (χ0n) is 9.54. The summed E-state index contributed by atoms with van der Waals surface area (Å²) >= 11 is 1.93. The average molecular weight is 359 g/mol. The van der Waals surface area contributed by atoms with E-state index in [1.807, 2.05) is 27.2 Å². The molecule has 18 heavy (non-hydrogen) atoms. The van der Waals surface area contributed by atoms with Gasteiger partial charge in [-0.15, -0.1) is 0 Å². The van der Waals surface area contributed by atoms with Crippen molar-refractivity contribution in [1.29, 1.82) is 0 Å². The first-order valence-corrected chi connectivity index (χ1v) is 6.85. The van der Waals surface area contributed by atoms with Crippen molar-refractivity contribution in [3.63, 3.8) is 0 Å². The van der Waals surface area contributed by atoms with Crippen LogP contribution in [0.3, 0.4) is 0 Å². The summed E-state index contributed by atoms with van der Waals surface area (Å²) in [6.07, 6.45) is 1.68. The van der Waals surface area contributed by atoms with Gasteiger partial charge in [0, 0.05) is 11.9 Å². The second-order valence-electron chi connectivity index (χ2n) is 4.46. The van der Waals surface area contributed by atoms with Crippen LogP contribution in [0, 0.1) is 9.39 Å². The van der Waals surface area contributed by atoms with Gasteiger partial charge in [0.2, 0.25) is 5.43 Å². The molecule has 1 aliphatic rings. The van der Waals surface area contributed by atoms with E-state index >= 15 is 0 Å². The number of hydrogen-bond donors (Lipinski definition) is 1. The molecule has 0 saturated carbocycles. The highest BCUT2D eigenvalue weighted by Crippen LogP contribution is 2.27. The topological polar surface area (TPSA) is 42.2 Å². The zero-order chi connectivity index (χ0) is 12.9. The van der Waals surface area contributed by atoms with Gasteiger partial charge in [-0.3, -0.25) is 4.79 Å². The van der Waals surface area contributed by atoms with Gasteiger partial charge in [0.25, 0.3) is 0 Å². The van der Waals surface area contributed by atoms with Gasteiger partial charge in [0.15, 0.2) is 0 Å². The standard InChI is InChI=1S/C13H11FINO2/c14-8-4-7-2-1-3-16-10(6-17)11(15)13(18)9(5-8)12(7)16/h4-5,17H,1-3,6H2. The predicted molar refractivity (Wildman–Crippen MR) is 75.1 cm³/mol. The van der Waals surface area contributed by atoms with Crippen LogP contribution in [-0.2, 0) is 19.6 Å². The smallest absolute Gasteiger partial charge is 0.203 e. The molecule has 1 aromatic carbocycles. The number of aliphatic hydroxyl groups is 1. The number of aliphatic hydroxyl groups excluding tert-OH is 1. The fourth-order valence-corrected chi connectivity index (χ4v) is 3.42. The molecule has 94 valence electrons. The first-order chi connectivity index (χ1) is 8.63. The van der Waals surface area contributed by atoms with E-state index in [2.05, 4.69) is 0 Å². The van der Waals surface area contributed by atoms with Crippen LogP contribution in [0.15, 0.2) is 16.9 Å². The van der Waals surface area contributed by atoms with E-state index in [4.69, 9.17) is 0 Å². The van der Waals surface area contributed by atoms with Crippen LogP contribution in [0.2, 0.25) is 0 Å². The Labute approximate surface area is 116 Å². The maximum Gasteiger partial charge on any atom is 0.203 e. The van der Waals surface area contributed by atoms with Gasteiger partial charge in [-0.05, 0) is 53.1 Å². The van der Waals surface area contributed by atoms with Gasteiger partial charge < -0.3 is 9.67 Å². The molecule has 0 fully saturated rings. The number of aryl methyl sites for hydroxylation is 2. The fraction of sp³-hybridized carbons (Fsp3) is 0.308. The molecule has 0 radical (unpaired) electrons. The van der Waals surface area contributed by atoms with Crippen LogP contribution >= 0.6 is 22.6 Å². The van der Waals surface area contributed by atoms with Crippen molar-refractivity contribution >= 4 is 33.5 Å². The first-order valence-electron chi connectivity index (χ1n) is 5.77. The van der Waals surface area contributed by atoms with Crippen LogP contribution < -0.4 is 5.43 Å². The van der Waals surface area contributed by atoms with E-state index < -0.39 is 0 Å². The summed E-state index contributed by atoms with van der Waals surface area (Å²) in [4.78, 5) is 12.2. The second kappa shape index (κ2) is 4.31. The van der Waals surface area contributed by atoms with E-state index in [1.54, 1.807) is 0 Å². The highest BCUT2D eigenvalue weighted by molar-refractivity contribution is 14.1. The Morgan fingerprint density at radius 3 is 2.94 bits per heavy atom. The molecule has 3 rings (SSSR count). The lowest BCUT2D eigenvalue weighted by Gasteiger charge is -2.23. The molecule has 0 unspecified atom stereocenters. The normalized spacial score (nSPS) is 14.2. The minimum absolute atomic E-state index is 0.166. The minimum Gasteiger partial charge on any atom is -0.390 e. The molecule has 1 aromatic heterocycles. The van der Waals surface area contributed by atoms with E-state index in [1.165, 1.54) is 12.1 Å². The van der Waals surface area contributed by atoms with Crippen LogP contribution in [0.1, 0.15) is 17.7 Å². The minimum atomic E-state index is -0.365. The molecular weight excluding hydrogens is 348 g/mol. The third kappa shape index (κ3) is 1.60. The van der Waals surface area contributed by atoms with Crippen molar-refractivity contribution in [2.24, 2.45) is 0 Å². The summed E-state index contributed by atoms with van der Waals surface area (Å²) in [5.41, 5.74) is 2.10. The molecule has 2 aromatic rings. The summed E-state index contributed by atoms with van der Waals surface area (Å²) in [6, 6.07) is 2.79. The molecule has 2 heterocycles. The quantitative estimate of drug-likeness (QED) is 0.794. The molecule has 1 aliphatic heterocycles. The Bertz CT molecular complexity index is 708. The van der Waals surface area contributed by atoms with Gasteiger partial charge in [0.1, 0.15) is 5.82 Å². The summed E-state index contributed by atoms with van der Waals surface area (Å²) in [5.74, 6) is -0.365. The van der Waals surface area contributed by atoms with E-state index in [0.717, 1.165) is 30.5 Å². The van der Waals surface area contributed by atoms with Gasteiger partial charge in [-0.25, -0.2) is 4.39 Å². The van der Waals surface area contributed by atoms with E-state index in [-0.39, 0.29) is 17.9 Å². The van der Waals surface area contributed by atoms with Gasteiger partial charge in [-0.1, -0.05) is 0 Å². The number of halogens is 2. The average Bonchev–Trinajstić information content (AvgIpc) is 2.36. The summed E-state index contributed by atoms with van der Waals surface area (Å²) < 4.78 is 16.0. The Hall–Kier alpha value is -0.950. The maximum atomic E-state index is 13.5. The molecule has 0 amide bonds. The lowest BCUT2D eigenvalue weighted by Crippen LogP contribution is -2.23. The molecule has 0 aliphatic carbocycles. The van der Waals surface area contributed by atoms with Crippen molar-refractivity contribution < 1.29 is 9.50 Å². The fourth-order valence-electron chi connectivity index (χ4n) is 2.67. The van der Waals surface area contributed by atoms with Crippen molar-refractivity contribution in [2.75, 3.05) is 0 Å². The lowest BCUT2D eigenvalue weighted by molar-refractivity contribution is 0.268. The van der Waals surface area contributed by atoms with E-state index in [9.17, 15) is 14.3 Å². The third-order valence-electron chi connectivity index (χ3n) is 3.42. The number of hydrogen-bond acceptors (Lipinski definition) is 2. The monoisotopic (exact) mass is 359 g/mol. The number of rotatable bonds is 1. The molecule has 5 heteroatoms. The molecule has 0 saturated heterocycles. The molecule has 0 atom stereocenters. The molecular formula is C13H11FINO2. The Morgan fingerprint density at radius 2 is 2.22 bits per heavy atom. The zero-order valence-corrected chi connectivity index (χ0v) is 11.7. The SMILES string of the molecule is O=c1c(I)c(CO)n2c3c(cc(F)cc13)CCC2. The molecule has 0 bridgehead atoms. The van der Waals surface area contributed by atoms with Crippen LogP contribution in [0.25, 0.3) is 10.9 Å². The number of aromatic nitrogens is 1. The Balaban J connectivity index is 2.57. The van der Waals surface area contributed by atoms with Gasteiger partial charge >= 0.3 is 0 Å². The summed E-state index contributed by atoms with van der Waals surface area (Å²) in [7, 11) is 0.